The summed E-state index contributed by atoms with van der Waals surface area (Å²) in [5.41, 5.74) is 6.57. The lowest BCUT2D eigenvalue weighted by atomic mass is 9.90. The Labute approximate surface area is 94.8 Å². The van der Waals surface area contributed by atoms with Crippen LogP contribution in [0.15, 0.2) is 5.16 Å². The Morgan fingerprint density at radius 1 is 1.00 bits per heavy atom. The van der Waals surface area contributed by atoms with Gasteiger partial charge in [-0.2, -0.15) is 0 Å². The van der Waals surface area contributed by atoms with Gasteiger partial charge in [0.05, 0.1) is 0 Å². The van der Waals surface area contributed by atoms with E-state index in [0.29, 0.717) is 6.42 Å². The zero-order valence-electron chi connectivity index (χ0n) is 10.0. The highest BCUT2D eigenvalue weighted by molar-refractivity contribution is 6.49. The maximum absolute atomic E-state index is 12.0. The fourth-order valence-corrected chi connectivity index (χ4v) is 2.39. The van der Waals surface area contributed by atoms with Gasteiger partial charge in [0.25, 0.3) is 0 Å². The molecule has 1 aromatic rings. The van der Waals surface area contributed by atoms with Gasteiger partial charge in [-0.25, -0.2) is 0 Å². The standard InChI is InChI=1S/C13H15NO2/c1-6-7(2)9(4)12-10(8(6)3)5-11(14-16)13(12)15/h16H,5H2,1-4H3/b14-11-. The molecule has 0 amide bonds. The molecule has 0 radical (unpaired) electrons. The van der Waals surface area contributed by atoms with E-state index in [0.717, 1.165) is 27.8 Å². The van der Waals surface area contributed by atoms with E-state index >= 15 is 0 Å². The van der Waals surface area contributed by atoms with Crippen molar-refractivity contribution in [2.45, 2.75) is 34.1 Å². The minimum absolute atomic E-state index is 0.124. The van der Waals surface area contributed by atoms with Gasteiger partial charge in [-0.15, -0.1) is 0 Å². The highest BCUT2D eigenvalue weighted by Crippen LogP contribution is 2.31. The second kappa shape index (κ2) is 3.44. The molecule has 1 N–H and O–H groups in total. The van der Waals surface area contributed by atoms with Gasteiger partial charge in [0.1, 0.15) is 5.71 Å². The normalized spacial score (nSPS) is 17.0. The first-order valence-electron chi connectivity index (χ1n) is 5.33. The SMILES string of the molecule is Cc1c(C)c(C)c2c(c1C)C/C(=N/O)C2=O. The summed E-state index contributed by atoms with van der Waals surface area (Å²) in [5.74, 6) is -0.124. The monoisotopic (exact) mass is 217 g/mol. The van der Waals surface area contributed by atoms with Crippen LogP contribution in [0.4, 0.5) is 0 Å². The first-order chi connectivity index (χ1) is 7.49. The van der Waals surface area contributed by atoms with Gasteiger partial charge < -0.3 is 5.21 Å². The van der Waals surface area contributed by atoms with Crippen molar-refractivity contribution in [1.82, 2.24) is 0 Å². The number of nitrogens with zero attached hydrogens (tertiary/aromatic N) is 1. The van der Waals surface area contributed by atoms with Crippen molar-refractivity contribution in [2.24, 2.45) is 5.16 Å². The van der Waals surface area contributed by atoms with Gasteiger partial charge in [-0.3, -0.25) is 4.79 Å². The molecule has 0 fully saturated rings. The summed E-state index contributed by atoms with van der Waals surface area (Å²) in [4.78, 5) is 12.0. The Morgan fingerprint density at radius 3 is 2.12 bits per heavy atom. The third-order valence-electron chi connectivity index (χ3n) is 3.77. The minimum Gasteiger partial charge on any atom is -0.411 e. The van der Waals surface area contributed by atoms with Crippen molar-refractivity contribution in [3.05, 3.63) is 33.4 Å². The fraction of sp³-hybridized carbons (Fsp3) is 0.385. The van der Waals surface area contributed by atoms with Crippen LogP contribution in [0.25, 0.3) is 0 Å². The minimum atomic E-state index is -0.124. The molecule has 3 heteroatoms. The molecule has 2 rings (SSSR count). The number of carbonyl (C=O) groups excluding carboxylic acids is 1. The Bertz CT molecular complexity index is 527. The van der Waals surface area contributed by atoms with E-state index in [4.69, 9.17) is 5.21 Å². The van der Waals surface area contributed by atoms with Gasteiger partial charge >= 0.3 is 0 Å². The van der Waals surface area contributed by atoms with E-state index in [1.807, 2.05) is 20.8 Å². The first-order valence-corrected chi connectivity index (χ1v) is 5.33. The number of ketones is 1. The molecule has 0 aliphatic heterocycles. The molecule has 0 spiro atoms. The number of rotatable bonds is 0. The van der Waals surface area contributed by atoms with Gasteiger partial charge in [0, 0.05) is 12.0 Å². The van der Waals surface area contributed by atoms with Crippen LogP contribution < -0.4 is 0 Å². The summed E-state index contributed by atoms with van der Waals surface area (Å²) in [5, 5.41) is 11.9. The van der Waals surface area contributed by atoms with Crippen LogP contribution in [0.1, 0.15) is 38.2 Å². The largest absolute Gasteiger partial charge is 0.411 e. The summed E-state index contributed by atoms with van der Waals surface area (Å²) in [6, 6.07) is 0. The Hall–Kier alpha value is -1.64. The molecule has 84 valence electrons. The zero-order chi connectivity index (χ0) is 12.0. The predicted octanol–water partition coefficient (Wildman–Crippen LogP) is 2.49. The number of Topliss-reactive ketones (excluding diaryl/α,β-unsaturated/α-hetero) is 1. The van der Waals surface area contributed by atoms with Crippen molar-refractivity contribution in [3.63, 3.8) is 0 Å². The number of hydrogen-bond acceptors (Lipinski definition) is 3. The van der Waals surface area contributed by atoms with Crippen molar-refractivity contribution >= 4 is 11.5 Å². The molecule has 0 saturated carbocycles. The van der Waals surface area contributed by atoms with E-state index < -0.39 is 0 Å². The smallest absolute Gasteiger partial charge is 0.211 e. The lowest BCUT2D eigenvalue weighted by Gasteiger charge is -2.13. The van der Waals surface area contributed by atoms with Gasteiger partial charge in [0.2, 0.25) is 5.78 Å². The summed E-state index contributed by atoms with van der Waals surface area (Å²) in [6.45, 7) is 8.07. The maximum atomic E-state index is 12.0. The van der Waals surface area contributed by atoms with E-state index in [1.165, 1.54) is 5.56 Å². The van der Waals surface area contributed by atoms with Gasteiger partial charge in [0.15, 0.2) is 0 Å². The topological polar surface area (TPSA) is 49.7 Å². The van der Waals surface area contributed by atoms with E-state index in [2.05, 4.69) is 12.1 Å². The van der Waals surface area contributed by atoms with Crippen LogP contribution >= 0.6 is 0 Å². The third-order valence-corrected chi connectivity index (χ3v) is 3.77. The van der Waals surface area contributed by atoms with Crippen LogP contribution in [-0.2, 0) is 6.42 Å². The highest BCUT2D eigenvalue weighted by Gasteiger charge is 2.31. The average molecular weight is 217 g/mol. The molecule has 3 nitrogen and oxygen atoms in total. The summed E-state index contributed by atoms with van der Waals surface area (Å²) < 4.78 is 0. The fourth-order valence-electron chi connectivity index (χ4n) is 2.39. The average Bonchev–Trinajstić information content (AvgIpc) is 2.61. The number of oxime groups is 1. The number of benzene rings is 1. The highest BCUT2D eigenvalue weighted by atomic mass is 16.4. The van der Waals surface area contributed by atoms with Crippen LogP contribution in [0, 0.1) is 27.7 Å². The molecule has 1 aliphatic rings. The quantitative estimate of drug-likeness (QED) is 0.536. The summed E-state index contributed by atoms with van der Waals surface area (Å²) in [7, 11) is 0. The predicted molar refractivity (Wildman–Crippen MR) is 62.6 cm³/mol. The second-order valence-electron chi connectivity index (χ2n) is 4.41. The first kappa shape index (κ1) is 10.9. The molecular weight excluding hydrogens is 202 g/mol. The van der Waals surface area contributed by atoms with Crippen molar-refractivity contribution < 1.29 is 10.0 Å². The van der Waals surface area contributed by atoms with Crippen molar-refractivity contribution in [3.8, 4) is 0 Å². The Balaban J connectivity index is 2.81. The van der Waals surface area contributed by atoms with E-state index in [1.54, 1.807) is 0 Å². The third kappa shape index (κ3) is 1.21. The number of fused-ring (bicyclic) bond motifs is 1. The molecule has 0 unspecified atom stereocenters. The molecule has 0 aromatic heterocycles. The summed E-state index contributed by atoms with van der Waals surface area (Å²) >= 11 is 0. The lowest BCUT2D eigenvalue weighted by Crippen LogP contribution is -2.08. The van der Waals surface area contributed by atoms with Crippen LogP contribution in [-0.4, -0.2) is 16.7 Å². The molecule has 0 heterocycles. The van der Waals surface area contributed by atoms with E-state index in [-0.39, 0.29) is 11.5 Å². The molecule has 1 aliphatic carbocycles. The zero-order valence-corrected chi connectivity index (χ0v) is 10.0. The Kier molecular flexibility index (Phi) is 2.34. The van der Waals surface area contributed by atoms with Crippen molar-refractivity contribution in [2.75, 3.05) is 0 Å². The Morgan fingerprint density at radius 2 is 1.56 bits per heavy atom. The van der Waals surface area contributed by atoms with Gasteiger partial charge in [-0.05, 0) is 55.5 Å². The van der Waals surface area contributed by atoms with Gasteiger partial charge in [-0.1, -0.05) is 5.16 Å². The lowest BCUT2D eigenvalue weighted by molar-refractivity contribution is 0.106. The molecule has 0 bridgehead atoms. The van der Waals surface area contributed by atoms with Crippen LogP contribution in [0.5, 0.6) is 0 Å². The van der Waals surface area contributed by atoms with Crippen molar-refractivity contribution in [1.29, 1.82) is 0 Å². The maximum Gasteiger partial charge on any atom is 0.211 e. The molecule has 16 heavy (non-hydrogen) atoms. The molecule has 0 saturated heterocycles. The molecular formula is C13H15NO2. The summed E-state index contributed by atoms with van der Waals surface area (Å²) in [6.07, 6.45) is 0.457. The molecule has 1 aromatic carbocycles. The van der Waals surface area contributed by atoms with Crippen LogP contribution in [0.3, 0.4) is 0 Å². The van der Waals surface area contributed by atoms with E-state index in [9.17, 15) is 4.79 Å². The number of carbonyl (C=O) groups is 1. The molecule has 0 atom stereocenters. The number of hydrogen-bond donors (Lipinski definition) is 1. The van der Waals surface area contributed by atoms with Crippen LogP contribution in [0.2, 0.25) is 0 Å². The second-order valence-corrected chi connectivity index (χ2v) is 4.41.